The third-order valence-electron chi connectivity index (χ3n) is 4.79. The Morgan fingerprint density at radius 3 is 2.65 bits per heavy atom. The molecule has 0 aliphatic heterocycles. The number of rotatable bonds is 6. The maximum Gasteiger partial charge on any atom is 0.0573 e. The molecular weight excluding hydrogens is 246 g/mol. The van der Waals surface area contributed by atoms with Gasteiger partial charge in [-0.15, -0.1) is 0 Å². The molecule has 0 aromatic carbocycles. The Balaban J connectivity index is 2.19. The normalized spacial score (nSPS) is 18.4. The molecule has 0 saturated heterocycles. The van der Waals surface area contributed by atoms with E-state index in [1.165, 1.54) is 49.8 Å². The first-order valence-corrected chi connectivity index (χ1v) is 8.07. The average Bonchev–Trinajstić information content (AvgIpc) is 2.49. The van der Waals surface area contributed by atoms with E-state index in [4.69, 9.17) is 5.73 Å². The molecule has 0 amide bonds. The monoisotopic (exact) mass is 275 g/mol. The molecule has 0 atom stereocenters. The van der Waals surface area contributed by atoms with Gasteiger partial charge < -0.3 is 5.73 Å². The highest BCUT2D eigenvalue weighted by Crippen LogP contribution is 2.34. The molecule has 1 fully saturated rings. The van der Waals surface area contributed by atoms with Crippen LogP contribution < -0.4 is 5.73 Å². The molecule has 1 heterocycles. The van der Waals surface area contributed by atoms with Gasteiger partial charge in [0, 0.05) is 24.8 Å². The minimum absolute atomic E-state index is 0.207. The number of aromatic nitrogens is 1. The van der Waals surface area contributed by atoms with Gasteiger partial charge in [0.05, 0.1) is 5.69 Å². The maximum absolute atomic E-state index is 6.20. The summed E-state index contributed by atoms with van der Waals surface area (Å²) < 4.78 is 0. The number of nitrogens with two attached hydrogens (primary N) is 1. The molecule has 3 nitrogen and oxygen atoms in total. The summed E-state index contributed by atoms with van der Waals surface area (Å²) in [5, 5.41) is 0. The highest BCUT2D eigenvalue weighted by Gasteiger charge is 2.36. The smallest absolute Gasteiger partial charge is 0.0573 e. The molecule has 1 saturated carbocycles. The predicted molar refractivity (Wildman–Crippen MR) is 84.5 cm³/mol. The molecule has 20 heavy (non-hydrogen) atoms. The van der Waals surface area contributed by atoms with Crippen LogP contribution in [0.4, 0.5) is 0 Å². The Labute approximate surface area is 123 Å². The Bertz CT molecular complexity index is 410. The van der Waals surface area contributed by atoms with Crippen LogP contribution >= 0.6 is 0 Å². The molecular formula is C17H29N3. The largest absolute Gasteiger partial charge is 0.329 e. The molecule has 1 aliphatic rings. The number of pyridine rings is 1. The summed E-state index contributed by atoms with van der Waals surface area (Å²) in [5.74, 6) is 0. The van der Waals surface area contributed by atoms with E-state index in [1.54, 1.807) is 0 Å². The lowest BCUT2D eigenvalue weighted by Crippen LogP contribution is -2.55. The SMILES string of the molecule is CCCN(Cc1ncccc1C)C1(CN)CCCCC1. The standard InChI is InChI=1S/C17H29N3/c1-3-12-20(13-16-15(2)8-7-11-19-16)17(14-18)9-5-4-6-10-17/h7-8,11H,3-6,9-10,12-14,18H2,1-2H3. The van der Waals surface area contributed by atoms with Crippen molar-refractivity contribution in [2.75, 3.05) is 13.1 Å². The van der Waals surface area contributed by atoms with E-state index in [-0.39, 0.29) is 5.54 Å². The van der Waals surface area contributed by atoms with Gasteiger partial charge in [0.15, 0.2) is 0 Å². The number of hydrogen-bond donors (Lipinski definition) is 1. The molecule has 0 radical (unpaired) electrons. The Kier molecular flexibility index (Phi) is 5.55. The van der Waals surface area contributed by atoms with Crippen LogP contribution in [0.25, 0.3) is 0 Å². The van der Waals surface area contributed by atoms with Gasteiger partial charge in [-0.3, -0.25) is 9.88 Å². The summed E-state index contributed by atoms with van der Waals surface area (Å²) in [6.45, 7) is 7.25. The van der Waals surface area contributed by atoms with Gasteiger partial charge in [-0.25, -0.2) is 0 Å². The predicted octanol–water partition coefficient (Wildman–Crippen LogP) is 3.26. The highest BCUT2D eigenvalue weighted by molar-refractivity contribution is 5.18. The van der Waals surface area contributed by atoms with Crippen LogP contribution in [0.15, 0.2) is 18.3 Å². The first-order chi connectivity index (χ1) is 9.72. The van der Waals surface area contributed by atoms with Crippen LogP contribution in [0, 0.1) is 6.92 Å². The summed E-state index contributed by atoms with van der Waals surface area (Å²) in [6.07, 6.45) is 9.57. The maximum atomic E-state index is 6.20. The van der Waals surface area contributed by atoms with Crippen molar-refractivity contribution < 1.29 is 0 Å². The molecule has 3 heteroatoms. The lowest BCUT2D eigenvalue weighted by molar-refractivity contribution is 0.0482. The van der Waals surface area contributed by atoms with Gasteiger partial charge in [-0.05, 0) is 44.4 Å². The fourth-order valence-corrected chi connectivity index (χ4v) is 3.48. The van der Waals surface area contributed by atoms with Gasteiger partial charge in [0.1, 0.15) is 0 Å². The van der Waals surface area contributed by atoms with Gasteiger partial charge in [0.2, 0.25) is 0 Å². The Morgan fingerprint density at radius 1 is 1.30 bits per heavy atom. The zero-order valence-corrected chi connectivity index (χ0v) is 13.1. The Morgan fingerprint density at radius 2 is 2.05 bits per heavy atom. The summed E-state index contributed by atoms with van der Waals surface area (Å²) in [4.78, 5) is 7.19. The van der Waals surface area contributed by atoms with Crippen molar-refractivity contribution in [1.29, 1.82) is 0 Å². The molecule has 2 N–H and O–H groups in total. The Hall–Kier alpha value is -0.930. The molecule has 0 spiro atoms. The van der Waals surface area contributed by atoms with Crippen LogP contribution in [0.3, 0.4) is 0 Å². The van der Waals surface area contributed by atoms with Crippen molar-refractivity contribution in [2.45, 2.75) is 64.5 Å². The van der Waals surface area contributed by atoms with Crippen LogP contribution in [0.2, 0.25) is 0 Å². The molecule has 0 unspecified atom stereocenters. The van der Waals surface area contributed by atoms with Crippen molar-refractivity contribution in [3.8, 4) is 0 Å². The molecule has 112 valence electrons. The van der Waals surface area contributed by atoms with Crippen molar-refractivity contribution in [1.82, 2.24) is 9.88 Å². The van der Waals surface area contributed by atoms with Crippen molar-refractivity contribution in [3.63, 3.8) is 0 Å². The third-order valence-corrected chi connectivity index (χ3v) is 4.79. The second kappa shape index (κ2) is 7.19. The van der Waals surface area contributed by atoms with Crippen LogP contribution in [0.5, 0.6) is 0 Å². The second-order valence-electron chi connectivity index (χ2n) is 6.18. The quantitative estimate of drug-likeness (QED) is 0.866. The fraction of sp³-hybridized carbons (Fsp3) is 0.706. The van der Waals surface area contributed by atoms with Gasteiger partial charge in [0.25, 0.3) is 0 Å². The lowest BCUT2D eigenvalue weighted by Gasteiger charge is -2.46. The highest BCUT2D eigenvalue weighted by atomic mass is 15.2. The second-order valence-corrected chi connectivity index (χ2v) is 6.18. The van der Waals surface area contributed by atoms with Crippen LogP contribution in [0.1, 0.15) is 56.7 Å². The van der Waals surface area contributed by atoms with Crippen molar-refractivity contribution >= 4 is 0 Å². The van der Waals surface area contributed by atoms with E-state index in [1.807, 2.05) is 12.3 Å². The first-order valence-electron chi connectivity index (χ1n) is 8.07. The summed E-state index contributed by atoms with van der Waals surface area (Å²) in [5.41, 5.74) is 8.90. The van der Waals surface area contributed by atoms with E-state index in [9.17, 15) is 0 Å². The summed E-state index contributed by atoms with van der Waals surface area (Å²) in [7, 11) is 0. The summed E-state index contributed by atoms with van der Waals surface area (Å²) >= 11 is 0. The van der Waals surface area contributed by atoms with Gasteiger partial charge >= 0.3 is 0 Å². The number of nitrogens with zero attached hydrogens (tertiary/aromatic N) is 2. The van der Waals surface area contributed by atoms with Gasteiger partial charge in [-0.2, -0.15) is 0 Å². The van der Waals surface area contributed by atoms with E-state index < -0.39 is 0 Å². The molecule has 0 bridgehead atoms. The van der Waals surface area contributed by atoms with Gasteiger partial charge in [-0.1, -0.05) is 32.3 Å². The molecule has 2 rings (SSSR count). The topological polar surface area (TPSA) is 42.2 Å². The van der Waals surface area contributed by atoms with E-state index in [2.05, 4.69) is 29.8 Å². The number of aryl methyl sites for hydroxylation is 1. The minimum atomic E-state index is 0.207. The average molecular weight is 275 g/mol. The van der Waals surface area contributed by atoms with Crippen molar-refractivity contribution in [3.05, 3.63) is 29.6 Å². The summed E-state index contributed by atoms with van der Waals surface area (Å²) in [6, 6.07) is 4.17. The zero-order valence-electron chi connectivity index (χ0n) is 13.1. The molecule has 1 aliphatic carbocycles. The van der Waals surface area contributed by atoms with E-state index >= 15 is 0 Å². The first kappa shape index (κ1) is 15.5. The van der Waals surface area contributed by atoms with E-state index in [0.29, 0.717) is 0 Å². The van der Waals surface area contributed by atoms with E-state index in [0.717, 1.165) is 19.6 Å². The lowest BCUT2D eigenvalue weighted by atomic mass is 9.80. The molecule has 1 aromatic rings. The van der Waals surface area contributed by atoms with Crippen LogP contribution in [-0.4, -0.2) is 28.5 Å². The van der Waals surface area contributed by atoms with Crippen molar-refractivity contribution in [2.24, 2.45) is 5.73 Å². The fourth-order valence-electron chi connectivity index (χ4n) is 3.48. The number of hydrogen-bond acceptors (Lipinski definition) is 3. The zero-order chi connectivity index (χ0) is 14.4. The van der Waals surface area contributed by atoms with Crippen LogP contribution in [-0.2, 0) is 6.54 Å². The molecule has 1 aromatic heterocycles. The third kappa shape index (κ3) is 3.39. The minimum Gasteiger partial charge on any atom is -0.329 e.